The molecule has 0 radical (unpaired) electrons. The fourth-order valence-electron chi connectivity index (χ4n) is 2.40. The molecule has 0 amide bonds. The van der Waals surface area contributed by atoms with Crippen LogP contribution in [0.5, 0.6) is 5.75 Å². The van der Waals surface area contributed by atoms with Crippen LogP contribution in [0.15, 0.2) is 61.2 Å². The average Bonchev–Trinajstić information content (AvgIpc) is 2.65. The zero-order valence-corrected chi connectivity index (χ0v) is 16.3. The van der Waals surface area contributed by atoms with E-state index in [2.05, 4.69) is 23.1 Å². The molecule has 1 N–H and O–H groups in total. The van der Waals surface area contributed by atoms with Crippen molar-refractivity contribution in [2.24, 2.45) is 0 Å². The highest BCUT2D eigenvalue weighted by molar-refractivity contribution is 7.88. The highest BCUT2D eigenvalue weighted by Crippen LogP contribution is 2.29. The SMILES string of the molecule is C=CCc1ccccc1OCC#CCNS(=O)(=O)Cc1ccc(C(F)(F)F)cc1. The first-order valence-corrected chi connectivity index (χ1v) is 10.3. The van der Waals surface area contributed by atoms with E-state index in [1.807, 2.05) is 24.3 Å². The molecule has 0 atom stereocenters. The van der Waals surface area contributed by atoms with Crippen LogP contribution in [-0.4, -0.2) is 21.6 Å². The van der Waals surface area contributed by atoms with Gasteiger partial charge in [0, 0.05) is 0 Å². The third-order valence-corrected chi connectivity index (χ3v) is 5.08. The largest absolute Gasteiger partial charge is 0.481 e. The lowest BCUT2D eigenvalue weighted by Crippen LogP contribution is -2.25. The molecule has 0 unspecified atom stereocenters. The van der Waals surface area contributed by atoms with Crippen LogP contribution >= 0.6 is 0 Å². The molecule has 2 aromatic rings. The molecule has 8 heteroatoms. The van der Waals surface area contributed by atoms with E-state index in [-0.39, 0.29) is 18.7 Å². The fraction of sp³-hybridized carbons (Fsp3) is 0.238. The molecule has 0 aliphatic carbocycles. The smallest absolute Gasteiger partial charge is 0.416 e. The van der Waals surface area contributed by atoms with E-state index in [9.17, 15) is 21.6 Å². The van der Waals surface area contributed by atoms with Gasteiger partial charge in [0.05, 0.1) is 17.9 Å². The molecule has 0 spiro atoms. The minimum absolute atomic E-state index is 0.0921. The Hall–Kier alpha value is -2.76. The summed E-state index contributed by atoms with van der Waals surface area (Å²) in [6.45, 7) is 3.65. The number of hydrogen-bond acceptors (Lipinski definition) is 3. The summed E-state index contributed by atoms with van der Waals surface area (Å²) in [7, 11) is -3.72. The van der Waals surface area contributed by atoms with Crippen molar-refractivity contribution in [3.8, 4) is 17.6 Å². The van der Waals surface area contributed by atoms with Crippen molar-refractivity contribution in [3.63, 3.8) is 0 Å². The Bertz CT molecular complexity index is 988. The van der Waals surface area contributed by atoms with Crippen molar-refractivity contribution in [1.82, 2.24) is 4.72 Å². The maximum absolute atomic E-state index is 12.5. The van der Waals surface area contributed by atoms with Crippen LogP contribution in [0.25, 0.3) is 0 Å². The summed E-state index contributed by atoms with van der Waals surface area (Å²) >= 11 is 0. The van der Waals surface area contributed by atoms with Crippen molar-refractivity contribution in [3.05, 3.63) is 77.9 Å². The second-order valence-electron chi connectivity index (χ2n) is 6.02. The zero-order chi connectivity index (χ0) is 21.3. The molecule has 29 heavy (non-hydrogen) atoms. The quantitative estimate of drug-likeness (QED) is 0.517. The van der Waals surface area contributed by atoms with Gasteiger partial charge in [-0.25, -0.2) is 13.1 Å². The molecule has 154 valence electrons. The predicted octanol–water partition coefficient (Wildman–Crippen LogP) is 3.94. The number of rotatable bonds is 8. The van der Waals surface area contributed by atoms with E-state index in [0.29, 0.717) is 12.2 Å². The number of sulfonamides is 1. The van der Waals surface area contributed by atoms with E-state index in [0.717, 1.165) is 29.8 Å². The highest BCUT2D eigenvalue weighted by Gasteiger charge is 2.30. The van der Waals surface area contributed by atoms with E-state index in [4.69, 9.17) is 4.74 Å². The number of para-hydroxylation sites is 1. The molecule has 0 fully saturated rings. The fourth-order valence-corrected chi connectivity index (χ4v) is 3.43. The molecule has 0 heterocycles. The van der Waals surface area contributed by atoms with Crippen molar-refractivity contribution in [1.29, 1.82) is 0 Å². The number of allylic oxidation sites excluding steroid dienone is 1. The van der Waals surface area contributed by atoms with Crippen molar-refractivity contribution in [2.45, 2.75) is 18.3 Å². The van der Waals surface area contributed by atoms with Gasteiger partial charge >= 0.3 is 6.18 Å². The van der Waals surface area contributed by atoms with Gasteiger partial charge < -0.3 is 4.74 Å². The predicted molar refractivity (Wildman–Crippen MR) is 106 cm³/mol. The first-order valence-electron chi connectivity index (χ1n) is 8.62. The van der Waals surface area contributed by atoms with Crippen LogP contribution in [-0.2, 0) is 28.4 Å². The van der Waals surface area contributed by atoms with Crippen molar-refractivity contribution >= 4 is 10.0 Å². The van der Waals surface area contributed by atoms with Crippen LogP contribution in [0.1, 0.15) is 16.7 Å². The third kappa shape index (κ3) is 7.64. The number of halogens is 3. The summed E-state index contributed by atoms with van der Waals surface area (Å²) in [4.78, 5) is 0. The summed E-state index contributed by atoms with van der Waals surface area (Å²) in [5.41, 5.74) is 0.398. The normalized spacial score (nSPS) is 11.4. The Morgan fingerprint density at radius 3 is 2.41 bits per heavy atom. The van der Waals surface area contributed by atoms with E-state index >= 15 is 0 Å². The highest BCUT2D eigenvalue weighted by atomic mass is 32.2. The number of benzene rings is 2. The average molecular weight is 423 g/mol. The van der Waals surface area contributed by atoms with Crippen LogP contribution in [0.2, 0.25) is 0 Å². The molecule has 4 nitrogen and oxygen atoms in total. The van der Waals surface area contributed by atoms with Gasteiger partial charge in [-0.2, -0.15) is 13.2 Å². The van der Waals surface area contributed by atoms with Crippen LogP contribution in [0.3, 0.4) is 0 Å². The summed E-state index contributed by atoms with van der Waals surface area (Å²) in [5, 5.41) is 0. The maximum atomic E-state index is 12.5. The Morgan fingerprint density at radius 2 is 1.76 bits per heavy atom. The van der Waals surface area contributed by atoms with Gasteiger partial charge in [-0.15, -0.1) is 6.58 Å². The summed E-state index contributed by atoms with van der Waals surface area (Å²) in [6.07, 6.45) is -2.04. The van der Waals surface area contributed by atoms with Gasteiger partial charge in [0.2, 0.25) is 10.0 Å². The Kier molecular flexibility index (Phi) is 7.88. The number of hydrogen-bond donors (Lipinski definition) is 1. The van der Waals surface area contributed by atoms with E-state index < -0.39 is 27.5 Å². The van der Waals surface area contributed by atoms with Crippen molar-refractivity contribution in [2.75, 3.05) is 13.2 Å². The molecule has 0 aliphatic rings. The number of alkyl halides is 3. The van der Waals surface area contributed by atoms with Gasteiger partial charge in [0.1, 0.15) is 12.4 Å². The summed E-state index contributed by atoms with van der Waals surface area (Å²) in [5.74, 6) is 5.61. The maximum Gasteiger partial charge on any atom is 0.416 e. The van der Waals surface area contributed by atoms with Gasteiger partial charge in [0.25, 0.3) is 0 Å². The first-order chi connectivity index (χ1) is 13.7. The van der Waals surface area contributed by atoms with Gasteiger partial charge in [0.15, 0.2) is 0 Å². The lowest BCUT2D eigenvalue weighted by molar-refractivity contribution is -0.137. The van der Waals surface area contributed by atoms with Gasteiger partial charge in [-0.05, 0) is 35.7 Å². The lowest BCUT2D eigenvalue weighted by Gasteiger charge is -2.08. The zero-order valence-electron chi connectivity index (χ0n) is 15.5. The second-order valence-corrected chi connectivity index (χ2v) is 7.82. The second kappa shape index (κ2) is 10.1. The summed E-state index contributed by atoms with van der Waals surface area (Å²) < 4.78 is 69.5. The molecular weight excluding hydrogens is 403 g/mol. The minimum atomic E-state index is -4.46. The number of nitrogens with one attached hydrogen (secondary N) is 1. The Balaban J connectivity index is 1.82. The Morgan fingerprint density at radius 1 is 1.07 bits per heavy atom. The monoisotopic (exact) mass is 423 g/mol. The Labute approximate surface area is 168 Å². The molecule has 2 rings (SSSR count). The summed E-state index contributed by atoms with van der Waals surface area (Å²) in [6, 6.07) is 11.4. The molecule has 2 aromatic carbocycles. The molecule has 0 aromatic heterocycles. The molecule has 0 saturated heterocycles. The third-order valence-electron chi connectivity index (χ3n) is 3.78. The van der Waals surface area contributed by atoms with Gasteiger partial charge in [-0.3, -0.25) is 0 Å². The standard InChI is InChI=1S/C21H20F3NO3S/c1-2-7-18-8-3-4-9-20(18)28-15-6-5-14-25-29(26,27)16-17-10-12-19(13-11-17)21(22,23)24/h2-4,8-13,25H,1,7,14-16H2. The molecule has 0 bridgehead atoms. The molecular formula is C21H20F3NO3S. The van der Waals surface area contributed by atoms with E-state index in [1.165, 1.54) is 0 Å². The topological polar surface area (TPSA) is 55.4 Å². The molecule has 0 saturated carbocycles. The first kappa shape index (κ1) is 22.5. The lowest BCUT2D eigenvalue weighted by atomic mass is 10.1. The number of ether oxygens (including phenoxy) is 1. The van der Waals surface area contributed by atoms with E-state index in [1.54, 1.807) is 6.08 Å². The van der Waals surface area contributed by atoms with Crippen LogP contribution in [0.4, 0.5) is 13.2 Å². The van der Waals surface area contributed by atoms with Crippen LogP contribution in [0, 0.1) is 11.8 Å². The van der Waals surface area contributed by atoms with Crippen molar-refractivity contribution < 1.29 is 26.3 Å². The van der Waals surface area contributed by atoms with Crippen LogP contribution < -0.4 is 9.46 Å². The molecule has 0 aliphatic heterocycles. The minimum Gasteiger partial charge on any atom is -0.481 e. The van der Waals surface area contributed by atoms with Gasteiger partial charge in [-0.1, -0.05) is 48.2 Å².